The molecule has 4 nitrogen and oxygen atoms in total. The lowest BCUT2D eigenvalue weighted by molar-refractivity contribution is -0.141. The fourth-order valence-corrected chi connectivity index (χ4v) is 1.17. The average molecular weight is 305 g/mol. The molecule has 0 bridgehead atoms. The first-order chi connectivity index (χ1) is 7.26. The zero-order valence-corrected chi connectivity index (χ0v) is 10.2. The van der Waals surface area contributed by atoms with Gasteiger partial charge in [0.25, 0.3) is 0 Å². The third-order valence-corrected chi connectivity index (χ3v) is 2.00. The van der Waals surface area contributed by atoms with Gasteiger partial charge in [0.2, 0.25) is 11.8 Å². The number of hydrogen-bond acceptors (Lipinski definition) is 2. The Hall–Kier alpha value is -0.790. The highest BCUT2D eigenvalue weighted by atomic mass is 79.9. The molecule has 1 N–H and O–H groups in total. The van der Waals surface area contributed by atoms with Gasteiger partial charge >= 0.3 is 6.18 Å². The number of amides is 2. The zero-order valence-electron chi connectivity index (χ0n) is 8.60. The Morgan fingerprint density at radius 1 is 1.38 bits per heavy atom. The number of rotatable bonds is 5. The molecule has 0 atom stereocenters. The van der Waals surface area contributed by atoms with Crippen LogP contribution in [-0.4, -0.2) is 48.4 Å². The molecule has 2 amide bonds. The predicted molar refractivity (Wildman–Crippen MR) is 55.1 cm³/mol. The summed E-state index contributed by atoms with van der Waals surface area (Å²) in [5, 5.41) is 2.13. The highest BCUT2D eigenvalue weighted by Gasteiger charge is 2.27. The highest BCUT2D eigenvalue weighted by molar-refractivity contribution is 9.09. The van der Waals surface area contributed by atoms with Crippen LogP contribution in [0.25, 0.3) is 0 Å². The lowest BCUT2D eigenvalue weighted by atomic mass is 10.4. The van der Waals surface area contributed by atoms with Crippen LogP contribution in [0.3, 0.4) is 0 Å². The molecule has 0 aromatic heterocycles. The van der Waals surface area contributed by atoms with Crippen LogP contribution in [0.2, 0.25) is 0 Å². The molecule has 94 valence electrons. The van der Waals surface area contributed by atoms with Gasteiger partial charge in [0.05, 0.1) is 6.54 Å². The zero-order chi connectivity index (χ0) is 12.8. The normalized spacial score (nSPS) is 11.1. The van der Waals surface area contributed by atoms with E-state index in [4.69, 9.17) is 0 Å². The molecule has 0 saturated heterocycles. The van der Waals surface area contributed by atoms with Gasteiger partial charge in [-0.1, -0.05) is 15.9 Å². The number of likely N-dealkylation sites (N-methyl/N-ethyl adjacent to an activating group) is 1. The number of halogens is 4. The fraction of sp³-hybridized carbons (Fsp3) is 0.750. The molecule has 0 aromatic rings. The monoisotopic (exact) mass is 304 g/mol. The predicted octanol–water partition coefficient (Wildman–Crippen LogP) is 0.908. The van der Waals surface area contributed by atoms with Crippen molar-refractivity contribution in [2.24, 2.45) is 0 Å². The standard InChI is InChI=1S/C8H12BrF3N2O2/c1-14(7(16)2-3-9)4-6(15)13-5-8(10,11)12/h2-5H2,1H3,(H,13,15). The van der Waals surface area contributed by atoms with E-state index in [9.17, 15) is 22.8 Å². The Labute approximate surface area is 99.3 Å². The summed E-state index contributed by atoms with van der Waals surface area (Å²) in [6, 6.07) is 0. The van der Waals surface area contributed by atoms with Gasteiger partial charge in [0.1, 0.15) is 6.54 Å². The quantitative estimate of drug-likeness (QED) is 0.768. The molecule has 8 heteroatoms. The molecule has 0 heterocycles. The van der Waals surface area contributed by atoms with Crippen LogP contribution in [0, 0.1) is 0 Å². The van der Waals surface area contributed by atoms with Crippen LogP contribution < -0.4 is 5.32 Å². The van der Waals surface area contributed by atoms with Crippen molar-refractivity contribution in [1.82, 2.24) is 10.2 Å². The minimum atomic E-state index is -4.44. The summed E-state index contributed by atoms with van der Waals surface area (Å²) in [5.74, 6) is -1.14. The largest absolute Gasteiger partial charge is 0.405 e. The van der Waals surface area contributed by atoms with E-state index in [0.717, 1.165) is 4.90 Å². The lowest BCUT2D eigenvalue weighted by Gasteiger charge is -2.16. The van der Waals surface area contributed by atoms with Gasteiger partial charge in [0, 0.05) is 18.8 Å². The van der Waals surface area contributed by atoms with E-state index in [2.05, 4.69) is 15.9 Å². The highest BCUT2D eigenvalue weighted by Crippen LogP contribution is 2.11. The molecular formula is C8H12BrF3N2O2. The molecule has 0 aliphatic rings. The first kappa shape index (κ1) is 15.2. The maximum atomic E-state index is 11.7. The van der Waals surface area contributed by atoms with E-state index in [1.807, 2.05) is 0 Å². The van der Waals surface area contributed by atoms with Crippen LogP contribution in [0.1, 0.15) is 6.42 Å². The molecule has 0 aliphatic carbocycles. The second-order valence-corrected chi connectivity index (χ2v) is 3.87. The van der Waals surface area contributed by atoms with Gasteiger partial charge in [-0.05, 0) is 0 Å². The second kappa shape index (κ2) is 6.72. The van der Waals surface area contributed by atoms with Crippen molar-refractivity contribution in [2.75, 3.05) is 25.5 Å². The Morgan fingerprint density at radius 3 is 2.38 bits per heavy atom. The van der Waals surface area contributed by atoms with E-state index < -0.39 is 18.6 Å². The van der Waals surface area contributed by atoms with Crippen molar-refractivity contribution in [3.05, 3.63) is 0 Å². The third kappa shape index (κ3) is 7.49. The SMILES string of the molecule is CN(CC(=O)NCC(F)(F)F)C(=O)CCBr. The van der Waals surface area contributed by atoms with E-state index >= 15 is 0 Å². The van der Waals surface area contributed by atoms with Gasteiger partial charge in [-0.3, -0.25) is 9.59 Å². The number of alkyl halides is 4. The Balaban J connectivity index is 3.92. The molecule has 0 unspecified atom stereocenters. The number of carbonyl (C=O) groups excluding carboxylic acids is 2. The molecule has 0 rings (SSSR count). The Morgan fingerprint density at radius 2 is 1.94 bits per heavy atom. The summed E-state index contributed by atoms with van der Waals surface area (Å²) in [5.41, 5.74) is 0. The number of carbonyl (C=O) groups is 2. The number of nitrogens with one attached hydrogen (secondary N) is 1. The van der Waals surface area contributed by atoms with Crippen LogP contribution in [0.4, 0.5) is 13.2 Å². The fourth-order valence-electron chi connectivity index (χ4n) is 0.830. The van der Waals surface area contributed by atoms with E-state index in [1.54, 1.807) is 5.32 Å². The van der Waals surface area contributed by atoms with Crippen LogP contribution in [-0.2, 0) is 9.59 Å². The maximum absolute atomic E-state index is 11.7. The van der Waals surface area contributed by atoms with Crippen molar-refractivity contribution >= 4 is 27.7 Å². The van der Waals surface area contributed by atoms with E-state index in [0.29, 0.717) is 5.33 Å². The molecule has 0 fully saturated rings. The first-order valence-electron chi connectivity index (χ1n) is 4.39. The topological polar surface area (TPSA) is 49.4 Å². The summed E-state index contributed by atoms with van der Waals surface area (Å²) in [6.07, 6.45) is -4.24. The maximum Gasteiger partial charge on any atom is 0.405 e. The summed E-state index contributed by atoms with van der Waals surface area (Å²) in [6.45, 7) is -1.76. The van der Waals surface area contributed by atoms with Crippen LogP contribution >= 0.6 is 15.9 Å². The summed E-state index contributed by atoms with van der Waals surface area (Å²) >= 11 is 3.04. The summed E-state index contributed by atoms with van der Waals surface area (Å²) in [4.78, 5) is 23.2. The van der Waals surface area contributed by atoms with Crippen molar-refractivity contribution < 1.29 is 22.8 Å². The van der Waals surface area contributed by atoms with Crippen LogP contribution in [0.15, 0.2) is 0 Å². The number of nitrogens with zero attached hydrogens (tertiary/aromatic N) is 1. The molecule has 0 spiro atoms. The van der Waals surface area contributed by atoms with Gasteiger partial charge < -0.3 is 10.2 Å². The molecule has 0 aromatic carbocycles. The summed E-state index contributed by atoms with van der Waals surface area (Å²) < 4.78 is 35.2. The summed E-state index contributed by atoms with van der Waals surface area (Å²) in [7, 11) is 1.36. The molecule has 0 aliphatic heterocycles. The Bertz CT molecular complexity index is 258. The van der Waals surface area contributed by atoms with Gasteiger partial charge in [-0.2, -0.15) is 13.2 Å². The molecule has 16 heavy (non-hydrogen) atoms. The molecule has 0 radical (unpaired) electrons. The van der Waals surface area contributed by atoms with Crippen molar-refractivity contribution in [1.29, 1.82) is 0 Å². The smallest absolute Gasteiger partial charge is 0.345 e. The average Bonchev–Trinajstić information content (AvgIpc) is 2.14. The first-order valence-corrected chi connectivity index (χ1v) is 5.52. The van der Waals surface area contributed by atoms with Crippen LogP contribution in [0.5, 0.6) is 0 Å². The number of hydrogen-bond donors (Lipinski definition) is 1. The molecule has 0 saturated carbocycles. The second-order valence-electron chi connectivity index (χ2n) is 3.08. The molecular weight excluding hydrogens is 293 g/mol. The minimum absolute atomic E-state index is 0.197. The van der Waals surface area contributed by atoms with Crippen molar-refractivity contribution in [3.63, 3.8) is 0 Å². The lowest BCUT2D eigenvalue weighted by Crippen LogP contribution is -2.41. The third-order valence-electron chi connectivity index (χ3n) is 1.60. The van der Waals surface area contributed by atoms with Crippen molar-refractivity contribution in [3.8, 4) is 0 Å². The van der Waals surface area contributed by atoms with Gasteiger partial charge in [-0.15, -0.1) is 0 Å². The minimum Gasteiger partial charge on any atom is -0.345 e. The van der Waals surface area contributed by atoms with Crippen molar-refractivity contribution in [2.45, 2.75) is 12.6 Å². The van der Waals surface area contributed by atoms with E-state index in [-0.39, 0.29) is 18.9 Å². The Kier molecular flexibility index (Phi) is 6.39. The van der Waals surface area contributed by atoms with Gasteiger partial charge in [-0.25, -0.2) is 0 Å². The van der Waals surface area contributed by atoms with E-state index in [1.165, 1.54) is 7.05 Å². The van der Waals surface area contributed by atoms with Gasteiger partial charge in [0.15, 0.2) is 0 Å².